The van der Waals surface area contributed by atoms with Crippen LogP contribution < -0.4 is 10.1 Å². The summed E-state index contributed by atoms with van der Waals surface area (Å²) in [6.45, 7) is 6.55. The highest BCUT2D eigenvalue weighted by Crippen LogP contribution is 2.23. The smallest absolute Gasteiger partial charge is 0.118 e. The Balaban J connectivity index is 2.08. The van der Waals surface area contributed by atoms with Crippen LogP contribution in [-0.4, -0.2) is 7.11 Å². The lowest BCUT2D eigenvalue weighted by atomic mass is 10.0. The van der Waals surface area contributed by atoms with Gasteiger partial charge in [-0.25, -0.2) is 0 Å². The summed E-state index contributed by atoms with van der Waals surface area (Å²) >= 11 is 0. The summed E-state index contributed by atoms with van der Waals surface area (Å²) in [6, 6.07) is 17.8. The molecule has 2 aromatic carbocycles. The van der Waals surface area contributed by atoms with E-state index < -0.39 is 0 Å². The first kappa shape index (κ1) is 15.6. The SMILES string of the molecule is CCC(N[C@@H](C)c1ccc(OC)cc1)c1ccc(C)cc1. The highest BCUT2D eigenvalue weighted by molar-refractivity contribution is 5.29. The second kappa shape index (κ2) is 7.28. The number of hydrogen-bond acceptors (Lipinski definition) is 2. The first-order chi connectivity index (χ1) is 10.1. The lowest BCUT2D eigenvalue weighted by molar-refractivity contribution is 0.413. The summed E-state index contributed by atoms with van der Waals surface area (Å²) in [7, 11) is 1.70. The topological polar surface area (TPSA) is 21.3 Å². The molecule has 2 atom stereocenters. The third kappa shape index (κ3) is 4.08. The predicted molar refractivity (Wildman–Crippen MR) is 88.8 cm³/mol. The Morgan fingerprint density at radius 1 is 0.952 bits per heavy atom. The maximum atomic E-state index is 5.21. The lowest BCUT2D eigenvalue weighted by Gasteiger charge is -2.23. The fourth-order valence-electron chi connectivity index (χ4n) is 2.54. The van der Waals surface area contributed by atoms with Gasteiger partial charge in [0, 0.05) is 12.1 Å². The minimum Gasteiger partial charge on any atom is -0.497 e. The Hall–Kier alpha value is -1.80. The number of ether oxygens (including phenoxy) is 1. The summed E-state index contributed by atoms with van der Waals surface area (Å²) in [5.74, 6) is 0.900. The van der Waals surface area contributed by atoms with Crippen LogP contribution in [0.1, 0.15) is 49.0 Å². The largest absolute Gasteiger partial charge is 0.497 e. The number of hydrogen-bond donors (Lipinski definition) is 1. The molecule has 2 nitrogen and oxygen atoms in total. The summed E-state index contributed by atoms with van der Waals surface area (Å²) in [5.41, 5.74) is 3.93. The summed E-state index contributed by atoms with van der Waals surface area (Å²) < 4.78 is 5.21. The maximum absolute atomic E-state index is 5.21. The van der Waals surface area contributed by atoms with E-state index in [9.17, 15) is 0 Å². The van der Waals surface area contributed by atoms with Gasteiger partial charge in [-0.2, -0.15) is 0 Å². The normalized spacial score (nSPS) is 13.7. The van der Waals surface area contributed by atoms with Crippen LogP contribution >= 0.6 is 0 Å². The molecule has 0 amide bonds. The highest BCUT2D eigenvalue weighted by atomic mass is 16.5. The van der Waals surface area contributed by atoms with Crippen LogP contribution in [0.3, 0.4) is 0 Å². The zero-order chi connectivity index (χ0) is 15.2. The molecule has 21 heavy (non-hydrogen) atoms. The minimum atomic E-state index is 0.308. The molecule has 0 fully saturated rings. The fourth-order valence-corrected chi connectivity index (χ4v) is 2.54. The van der Waals surface area contributed by atoms with Crippen molar-refractivity contribution in [2.45, 2.75) is 39.3 Å². The van der Waals surface area contributed by atoms with Gasteiger partial charge in [0.05, 0.1) is 7.11 Å². The summed E-state index contributed by atoms with van der Waals surface area (Å²) in [5, 5.41) is 3.72. The average Bonchev–Trinajstić information content (AvgIpc) is 2.53. The van der Waals surface area contributed by atoms with E-state index in [1.165, 1.54) is 16.7 Å². The minimum absolute atomic E-state index is 0.308. The van der Waals surface area contributed by atoms with E-state index in [1.807, 2.05) is 12.1 Å². The van der Waals surface area contributed by atoms with E-state index in [2.05, 4.69) is 62.5 Å². The maximum Gasteiger partial charge on any atom is 0.118 e. The van der Waals surface area contributed by atoms with Gasteiger partial charge in [0.2, 0.25) is 0 Å². The fraction of sp³-hybridized carbons (Fsp3) is 0.368. The van der Waals surface area contributed by atoms with Gasteiger partial charge in [0.15, 0.2) is 0 Å². The van der Waals surface area contributed by atoms with Gasteiger partial charge in [-0.15, -0.1) is 0 Å². The van der Waals surface area contributed by atoms with Gasteiger partial charge in [-0.05, 0) is 43.5 Å². The standard InChI is InChI=1S/C19H25NO/c1-5-19(17-8-6-14(2)7-9-17)20-15(3)16-10-12-18(21-4)13-11-16/h6-13,15,19-20H,5H2,1-4H3/t15-,19?/m0/s1. The van der Waals surface area contributed by atoms with Crippen molar-refractivity contribution in [1.29, 1.82) is 0 Å². The van der Waals surface area contributed by atoms with Crippen LogP contribution in [0.15, 0.2) is 48.5 Å². The molecular formula is C19H25NO. The van der Waals surface area contributed by atoms with E-state index in [-0.39, 0.29) is 0 Å². The Bertz CT molecular complexity index is 545. The number of methoxy groups -OCH3 is 1. The van der Waals surface area contributed by atoms with Crippen molar-refractivity contribution >= 4 is 0 Å². The Morgan fingerprint density at radius 2 is 1.52 bits per heavy atom. The molecule has 0 radical (unpaired) electrons. The van der Waals surface area contributed by atoms with Crippen LogP contribution in [0, 0.1) is 6.92 Å². The van der Waals surface area contributed by atoms with Crippen molar-refractivity contribution < 1.29 is 4.74 Å². The van der Waals surface area contributed by atoms with E-state index in [4.69, 9.17) is 4.74 Å². The van der Waals surface area contributed by atoms with Crippen molar-refractivity contribution in [3.05, 3.63) is 65.2 Å². The number of aryl methyl sites for hydroxylation is 1. The first-order valence-electron chi connectivity index (χ1n) is 7.60. The van der Waals surface area contributed by atoms with Gasteiger partial charge < -0.3 is 10.1 Å². The highest BCUT2D eigenvalue weighted by Gasteiger charge is 2.13. The molecule has 0 aliphatic carbocycles. The van der Waals surface area contributed by atoms with Crippen molar-refractivity contribution in [3.8, 4) is 5.75 Å². The predicted octanol–water partition coefficient (Wildman–Crippen LogP) is 4.81. The Labute approximate surface area is 128 Å². The summed E-state index contributed by atoms with van der Waals surface area (Å²) in [4.78, 5) is 0. The molecule has 0 aliphatic rings. The molecule has 112 valence electrons. The Kier molecular flexibility index (Phi) is 5.40. The molecule has 0 bridgehead atoms. The van der Waals surface area contributed by atoms with E-state index >= 15 is 0 Å². The molecular weight excluding hydrogens is 258 g/mol. The number of rotatable bonds is 6. The Morgan fingerprint density at radius 3 is 2.05 bits per heavy atom. The zero-order valence-electron chi connectivity index (χ0n) is 13.4. The van der Waals surface area contributed by atoms with Gasteiger partial charge in [0.25, 0.3) is 0 Å². The van der Waals surface area contributed by atoms with Crippen LogP contribution in [-0.2, 0) is 0 Å². The molecule has 0 heterocycles. The molecule has 0 saturated heterocycles. The molecule has 1 N–H and O–H groups in total. The van der Waals surface area contributed by atoms with Crippen molar-refractivity contribution in [1.82, 2.24) is 5.32 Å². The zero-order valence-corrected chi connectivity index (χ0v) is 13.4. The average molecular weight is 283 g/mol. The first-order valence-corrected chi connectivity index (χ1v) is 7.60. The third-order valence-electron chi connectivity index (χ3n) is 3.95. The third-order valence-corrected chi connectivity index (χ3v) is 3.95. The second-order valence-electron chi connectivity index (χ2n) is 5.53. The van der Waals surface area contributed by atoms with Gasteiger partial charge in [0.1, 0.15) is 5.75 Å². The molecule has 0 aliphatic heterocycles. The monoisotopic (exact) mass is 283 g/mol. The van der Waals surface area contributed by atoms with Crippen molar-refractivity contribution in [2.75, 3.05) is 7.11 Å². The van der Waals surface area contributed by atoms with E-state index in [1.54, 1.807) is 7.11 Å². The number of benzene rings is 2. The lowest BCUT2D eigenvalue weighted by Crippen LogP contribution is -2.24. The molecule has 2 rings (SSSR count). The molecule has 2 heteroatoms. The van der Waals surface area contributed by atoms with Crippen LogP contribution in [0.5, 0.6) is 5.75 Å². The van der Waals surface area contributed by atoms with Crippen LogP contribution in [0.2, 0.25) is 0 Å². The van der Waals surface area contributed by atoms with Gasteiger partial charge in [-0.1, -0.05) is 48.9 Å². The van der Waals surface area contributed by atoms with E-state index in [0.29, 0.717) is 12.1 Å². The van der Waals surface area contributed by atoms with Gasteiger partial charge in [-0.3, -0.25) is 0 Å². The number of nitrogens with one attached hydrogen (secondary N) is 1. The van der Waals surface area contributed by atoms with E-state index in [0.717, 1.165) is 12.2 Å². The quantitative estimate of drug-likeness (QED) is 0.821. The molecule has 0 saturated carbocycles. The summed E-state index contributed by atoms with van der Waals surface area (Å²) in [6.07, 6.45) is 1.07. The van der Waals surface area contributed by atoms with Crippen LogP contribution in [0.4, 0.5) is 0 Å². The second-order valence-corrected chi connectivity index (χ2v) is 5.53. The molecule has 0 aromatic heterocycles. The molecule has 1 unspecified atom stereocenters. The van der Waals surface area contributed by atoms with Crippen molar-refractivity contribution in [3.63, 3.8) is 0 Å². The molecule has 2 aromatic rings. The van der Waals surface area contributed by atoms with Gasteiger partial charge >= 0.3 is 0 Å². The molecule has 0 spiro atoms. The van der Waals surface area contributed by atoms with Crippen molar-refractivity contribution in [2.24, 2.45) is 0 Å². The van der Waals surface area contributed by atoms with Crippen LogP contribution in [0.25, 0.3) is 0 Å².